The average Bonchev–Trinajstić information content (AvgIpc) is 3.53. The molecular weight excluding hydrogens is 700 g/mol. The zero-order valence-corrected chi connectivity index (χ0v) is 30.9. The van der Waals surface area contributed by atoms with Crippen LogP contribution in [0.5, 0.6) is 5.75 Å². The zero-order chi connectivity index (χ0) is 36.0. The molecule has 2 aliphatic heterocycles. The maximum atomic E-state index is 14.6. The third-order valence-corrected chi connectivity index (χ3v) is 13.5. The normalized spacial score (nSPS) is 29.5. The van der Waals surface area contributed by atoms with Crippen LogP contribution in [0.3, 0.4) is 0 Å². The Hall–Kier alpha value is -4.26. The van der Waals surface area contributed by atoms with Gasteiger partial charge in [0.25, 0.3) is 11.8 Å². The average molecular weight is 745 g/mol. The Morgan fingerprint density at radius 1 is 1.17 bits per heavy atom. The zero-order valence-electron chi connectivity index (χ0n) is 29.4. The van der Waals surface area contributed by atoms with Gasteiger partial charge in [-0.3, -0.25) is 14.3 Å². The molecule has 4 aromatic rings. The lowest BCUT2D eigenvalue weighted by molar-refractivity contribution is 0.0131. The van der Waals surface area contributed by atoms with E-state index in [0.717, 1.165) is 49.4 Å². The number of ether oxygens (including phenoxy) is 2. The van der Waals surface area contributed by atoms with Crippen LogP contribution in [0, 0.1) is 17.8 Å². The van der Waals surface area contributed by atoms with Crippen LogP contribution in [0.2, 0.25) is 5.02 Å². The van der Waals surface area contributed by atoms with Gasteiger partial charge in [0.2, 0.25) is 0 Å². The van der Waals surface area contributed by atoms with Crippen molar-refractivity contribution in [2.45, 2.75) is 57.0 Å². The number of methoxy groups -OCH3 is 1. The van der Waals surface area contributed by atoms with Crippen LogP contribution in [0.15, 0.2) is 77.6 Å². The third-order valence-electron chi connectivity index (χ3n) is 11.3. The van der Waals surface area contributed by atoms with Gasteiger partial charge in [-0.1, -0.05) is 36.7 Å². The van der Waals surface area contributed by atoms with E-state index in [1.165, 1.54) is 28.2 Å². The van der Waals surface area contributed by atoms with E-state index >= 15 is 0 Å². The Labute approximate surface area is 310 Å². The maximum absolute atomic E-state index is 14.6. The third kappa shape index (κ3) is 6.72. The highest BCUT2D eigenvalue weighted by atomic mass is 35.5. The lowest BCUT2D eigenvalue weighted by atomic mass is 9.68. The predicted molar refractivity (Wildman–Crippen MR) is 202 cm³/mol. The van der Waals surface area contributed by atoms with Crippen molar-refractivity contribution in [3.8, 4) is 5.75 Å². The Kier molecular flexibility index (Phi) is 9.33. The number of pyridine rings is 1. The molecule has 1 unspecified atom stereocenters. The van der Waals surface area contributed by atoms with Crippen LogP contribution in [-0.4, -0.2) is 69.3 Å². The maximum Gasteiger partial charge on any atom is 0.286 e. The number of rotatable bonds is 3. The van der Waals surface area contributed by atoms with Gasteiger partial charge in [0.1, 0.15) is 22.0 Å². The number of amides is 2. The van der Waals surface area contributed by atoms with Crippen LogP contribution in [0.4, 0.5) is 5.69 Å². The van der Waals surface area contributed by atoms with Crippen molar-refractivity contribution in [2.24, 2.45) is 22.1 Å². The van der Waals surface area contributed by atoms with Gasteiger partial charge in [0.05, 0.1) is 29.7 Å². The molecule has 1 fully saturated rings. The van der Waals surface area contributed by atoms with Crippen LogP contribution in [0.1, 0.15) is 72.3 Å². The summed E-state index contributed by atoms with van der Waals surface area (Å²) >= 11 is 6.46. The molecule has 274 valence electrons. The van der Waals surface area contributed by atoms with E-state index < -0.39 is 21.7 Å². The molecule has 2 aliphatic carbocycles. The summed E-state index contributed by atoms with van der Waals surface area (Å²) in [5.74, 6) is -0.0557. The second-order valence-electron chi connectivity index (χ2n) is 14.9. The first-order valence-corrected chi connectivity index (χ1v) is 20.1. The Morgan fingerprint density at radius 3 is 2.88 bits per heavy atom. The number of nitrogens with zero attached hydrogens (tertiary/aromatic N) is 5. The van der Waals surface area contributed by atoms with Gasteiger partial charge in [0.15, 0.2) is 5.65 Å². The number of fused-ring (bicyclic) bond motifs is 5. The van der Waals surface area contributed by atoms with Crippen LogP contribution in [-0.2, 0) is 26.5 Å². The molecule has 2 aromatic carbocycles. The van der Waals surface area contributed by atoms with Crippen molar-refractivity contribution in [1.29, 1.82) is 0 Å². The minimum Gasteiger partial charge on any atom is -0.490 e. The number of hydrogen-bond donors (Lipinski definition) is 1. The second kappa shape index (κ2) is 13.9. The molecule has 2 bridgehead atoms. The van der Waals surface area contributed by atoms with Crippen molar-refractivity contribution in [3.05, 3.63) is 100 Å². The van der Waals surface area contributed by atoms with E-state index in [-0.39, 0.29) is 35.7 Å². The van der Waals surface area contributed by atoms with Gasteiger partial charge in [-0.05, 0) is 110 Å². The fraction of sp³-hybridized carbons (Fsp3) is 0.436. The van der Waals surface area contributed by atoms with Crippen LogP contribution < -0.4 is 14.4 Å². The molecule has 52 heavy (non-hydrogen) atoms. The molecule has 2 amide bonds. The fourth-order valence-corrected chi connectivity index (χ4v) is 10.6. The van der Waals surface area contributed by atoms with Gasteiger partial charge < -0.3 is 14.4 Å². The number of anilines is 1. The standard InChI is InChI=1S/C39H43ClN6O5S.H2/c1-25-5-3-7-34(50-2)31-12-8-28(31)19-45-22-39(16-4-6-26-17-30(40)11-13-32(26)39)23-51-35-14-9-27(18-33(35)45)37(47)43-52(49,21-25)44-38(48)29-10-15-36-41-24-42-46(36)20-29;/h3,7,9-11,13-15,17-18,20,24-25,28,31,34H,4-6,8,12,16,19,21-23H2,1-2H3,(H,43,44,47,48,49);1H/b7-3+;/t25-,28-,31+,34-,39-,52?;/m0./s1. The van der Waals surface area contributed by atoms with Gasteiger partial charge in [0, 0.05) is 43.8 Å². The lowest BCUT2D eigenvalue weighted by Crippen LogP contribution is -2.49. The van der Waals surface area contributed by atoms with Crippen LogP contribution in [0.25, 0.3) is 5.65 Å². The molecule has 2 aromatic heterocycles. The van der Waals surface area contributed by atoms with E-state index in [2.05, 4.69) is 48.4 Å². The Bertz CT molecular complexity index is 2200. The summed E-state index contributed by atoms with van der Waals surface area (Å²) < 4.78 is 35.7. The molecule has 8 rings (SSSR count). The van der Waals surface area contributed by atoms with Crippen molar-refractivity contribution in [2.75, 3.05) is 37.5 Å². The summed E-state index contributed by atoms with van der Waals surface area (Å²) in [4.78, 5) is 34.1. The molecule has 4 aliphatic rings. The fourth-order valence-electron chi connectivity index (χ4n) is 8.52. The highest BCUT2D eigenvalue weighted by molar-refractivity contribution is 7.92. The molecule has 11 nitrogen and oxygen atoms in total. The lowest BCUT2D eigenvalue weighted by Gasteiger charge is -2.46. The number of hydrogen-bond acceptors (Lipinski definition) is 8. The summed E-state index contributed by atoms with van der Waals surface area (Å²) in [6, 6.07) is 14.8. The molecule has 4 heterocycles. The number of benzene rings is 2. The number of halogens is 1. The number of carbonyl (C=O) groups is 2. The topological polar surface area (TPSA) is 127 Å². The van der Waals surface area contributed by atoms with Crippen molar-refractivity contribution in [3.63, 3.8) is 0 Å². The number of allylic oxidation sites excluding steroid dienone is 1. The van der Waals surface area contributed by atoms with Gasteiger partial charge in [-0.2, -0.15) is 5.10 Å². The molecule has 1 saturated carbocycles. The minimum atomic E-state index is -3.57. The highest BCUT2D eigenvalue weighted by Gasteiger charge is 2.44. The quantitative estimate of drug-likeness (QED) is 0.230. The summed E-state index contributed by atoms with van der Waals surface area (Å²) in [6.07, 6.45) is 12.7. The van der Waals surface area contributed by atoms with E-state index in [0.29, 0.717) is 42.8 Å². The first-order chi connectivity index (χ1) is 25.1. The largest absolute Gasteiger partial charge is 0.490 e. The van der Waals surface area contributed by atoms with Gasteiger partial charge in [-0.25, -0.2) is 13.7 Å². The first kappa shape index (κ1) is 34.8. The molecule has 6 atom stereocenters. The molecular formula is C39H45ClN6O5S. The predicted octanol–water partition coefficient (Wildman–Crippen LogP) is 6.69. The summed E-state index contributed by atoms with van der Waals surface area (Å²) in [5, 5.41) is 4.84. The van der Waals surface area contributed by atoms with Gasteiger partial charge >= 0.3 is 0 Å². The SMILES string of the molecule is CO[C@H]1/C=C/C[C@H](C)CS(=O)(NC(=O)c2ccc3ncnn3c2)=NC(=O)c2ccc3c(c2)N(C[C@@H]2CC[C@H]21)C[C@@]1(CCCc2cc(Cl)ccc21)CO3.[HH]. The minimum absolute atomic E-state index is 0. The summed E-state index contributed by atoms with van der Waals surface area (Å²) in [7, 11) is -1.81. The summed E-state index contributed by atoms with van der Waals surface area (Å²) in [5.41, 5.74) is 4.14. The number of aryl methyl sites for hydroxylation is 1. The molecule has 13 heteroatoms. The Morgan fingerprint density at radius 2 is 2.06 bits per heavy atom. The first-order valence-electron chi connectivity index (χ1n) is 18.0. The smallest absolute Gasteiger partial charge is 0.286 e. The number of carbonyl (C=O) groups excluding carboxylic acids is 2. The molecule has 1 spiro atoms. The van der Waals surface area contributed by atoms with Crippen molar-refractivity contribution < 1.29 is 24.7 Å². The number of nitrogens with one attached hydrogen (secondary N) is 1. The molecule has 1 N–H and O–H groups in total. The number of aromatic nitrogens is 3. The van der Waals surface area contributed by atoms with E-state index in [9.17, 15) is 13.8 Å². The summed E-state index contributed by atoms with van der Waals surface area (Å²) in [6.45, 7) is 3.92. The molecule has 0 saturated heterocycles. The Balaban J connectivity index is 0.00000435. The van der Waals surface area contributed by atoms with Crippen LogP contribution >= 0.6 is 11.6 Å². The van der Waals surface area contributed by atoms with Gasteiger partial charge in [-0.15, -0.1) is 4.36 Å². The van der Waals surface area contributed by atoms with E-state index in [1.807, 2.05) is 25.1 Å². The van der Waals surface area contributed by atoms with E-state index in [1.54, 1.807) is 25.3 Å². The second-order valence-corrected chi connectivity index (χ2v) is 17.3. The van der Waals surface area contributed by atoms with E-state index in [4.69, 9.17) is 21.1 Å². The van der Waals surface area contributed by atoms with Crippen molar-refractivity contribution >= 4 is 44.7 Å². The highest BCUT2D eigenvalue weighted by Crippen LogP contribution is 2.47. The monoisotopic (exact) mass is 744 g/mol. The van der Waals surface area contributed by atoms with Crippen molar-refractivity contribution in [1.82, 2.24) is 19.3 Å². The molecule has 0 radical (unpaired) electrons.